The topological polar surface area (TPSA) is 78.8 Å². The molecule has 30 heavy (non-hydrogen) atoms. The van der Waals surface area contributed by atoms with Crippen LogP contribution in [0.2, 0.25) is 0 Å². The lowest BCUT2D eigenvalue weighted by atomic mass is 9.71. The number of nitrogens with zero attached hydrogens (tertiary/aromatic N) is 4. The van der Waals surface area contributed by atoms with Crippen molar-refractivity contribution in [3.05, 3.63) is 18.5 Å². The van der Waals surface area contributed by atoms with Crippen molar-refractivity contribution in [1.82, 2.24) is 14.9 Å². The first-order chi connectivity index (χ1) is 14.3. The van der Waals surface area contributed by atoms with E-state index in [1.54, 1.807) is 0 Å². The van der Waals surface area contributed by atoms with Crippen molar-refractivity contribution >= 4 is 11.9 Å². The molecule has 4 rings (SSSR count). The second-order valence-corrected chi connectivity index (χ2v) is 8.22. The van der Waals surface area contributed by atoms with Gasteiger partial charge in [0.1, 0.15) is 0 Å². The summed E-state index contributed by atoms with van der Waals surface area (Å²) in [5.41, 5.74) is 0.576. The summed E-state index contributed by atoms with van der Waals surface area (Å²) in [7, 11) is 0. The van der Waals surface area contributed by atoms with Gasteiger partial charge in [0.15, 0.2) is 0 Å². The van der Waals surface area contributed by atoms with Crippen LogP contribution in [0.5, 0.6) is 0 Å². The third-order valence-electron chi connectivity index (χ3n) is 6.47. The summed E-state index contributed by atoms with van der Waals surface area (Å²) >= 11 is 0. The van der Waals surface area contributed by atoms with Gasteiger partial charge in [0.05, 0.1) is 0 Å². The predicted octanol–water partition coefficient (Wildman–Crippen LogP) is 2.97. The lowest BCUT2D eigenvalue weighted by molar-refractivity contribution is -0.192. The Morgan fingerprint density at radius 1 is 1.03 bits per heavy atom. The Hall–Kier alpha value is -1.94. The van der Waals surface area contributed by atoms with Crippen LogP contribution < -0.4 is 4.90 Å². The third kappa shape index (κ3) is 6.04. The van der Waals surface area contributed by atoms with Crippen LogP contribution in [0.3, 0.4) is 0 Å². The lowest BCUT2D eigenvalue weighted by Crippen LogP contribution is -2.50. The average Bonchev–Trinajstić information content (AvgIpc) is 2.76. The highest BCUT2D eigenvalue weighted by Gasteiger charge is 2.39. The van der Waals surface area contributed by atoms with Gasteiger partial charge >= 0.3 is 12.1 Å². The van der Waals surface area contributed by atoms with Crippen LogP contribution in [0.4, 0.5) is 19.1 Å². The zero-order valence-electron chi connectivity index (χ0n) is 17.0. The number of carboxylic acids is 1. The molecule has 3 aliphatic heterocycles. The molecular weight excluding hydrogens is 401 g/mol. The molecule has 0 aromatic carbocycles. The first-order valence-corrected chi connectivity index (χ1v) is 10.4. The number of halogens is 3. The monoisotopic (exact) mass is 430 g/mol. The number of likely N-dealkylation sites (tertiary alicyclic amines) is 1. The lowest BCUT2D eigenvalue weighted by Gasteiger charge is -2.48. The van der Waals surface area contributed by atoms with Crippen LogP contribution in [0.25, 0.3) is 0 Å². The molecule has 1 aromatic heterocycles. The second kappa shape index (κ2) is 9.91. The van der Waals surface area contributed by atoms with Crippen molar-refractivity contribution in [2.24, 2.45) is 5.41 Å². The Balaban J connectivity index is 0.000000318. The summed E-state index contributed by atoms with van der Waals surface area (Å²) < 4.78 is 37.2. The largest absolute Gasteiger partial charge is 0.490 e. The quantitative estimate of drug-likeness (QED) is 0.773. The number of carbonyl (C=O) groups is 1. The number of rotatable bonds is 2. The van der Waals surface area contributed by atoms with Gasteiger partial charge in [0.25, 0.3) is 0 Å². The van der Waals surface area contributed by atoms with Gasteiger partial charge in [-0.15, -0.1) is 0 Å². The van der Waals surface area contributed by atoms with Crippen molar-refractivity contribution in [3.63, 3.8) is 0 Å². The Bertz CT molecular complexity index is 666. The van der Waals surface area contributed by atoms with E-state index in [0.717, 1.165) is 38.3 Å². The molecule has 0 aliphatic carbocycles. The molecule has 4 heterocycles. The van der Waals surface area contributed by atoms with Crippen LogP contribution in [0.15, 0.2) is 18.5 Å². The van der Waals surface area contributed by atoms with E-state index in [-0.39, 0.29) is 0 Å². The molecule has 3 saturated heterocycles. The van der Waals surface area contributed by atoms with E-state index in [9.17, 15) is 13.2 Å². The molecule has 0 bridgehead atoms. The highest BCUT2D eigenvalue weighted by Crippen LogP contribution is 2.42. The molecule has 1 spiro atoms. The molecule has 1 aromatic rings. The smallest absolute Gasteiger partial charge is 0.475 e. The van der Waals surface area contributed by atoms with Gasteiger partial charge < -0.3 is 19.6 Å². The van der Waals surface area contributed by atoms with Gasteiger partial charge in [0.2, 0.25) is 5.95 Å². The fourth-order valence-electron chi connectivity index (χ4n) is 4.55. The Morgan fingerprint density at radius 2 is 1.53 bits per heavy atom. The molecule has 1 N–H and O–H groups in total. The second-order valence-electron chi connectivity index (χ2n) is 8.22. The Labute approximate surface area is 174 Å². The molecule has 0 atom stereocenters. The van der Waals surface area contributed by atoms with Gasteiger partial charge in [-0.1, -0.05) is 0 Å². The molecule has 168 valence electrons. The van der Waals surface area contributed by atoms with Gasteiger partial charge in [-0.05, 0) is 63.1 Å². The number of hydrogen-bond donors (Lipinski definition) is 1. The van der Waals surface area contributed by atoms with Crippen LogP contribution >= 0.6 is 0 Å². The first-order valence-electron chi connectivity index (χ1n) is 10.4. The van der Waals surface area contributed by atoms with Crippen molar-refractivity contribution in [3.8, 4) is 0 Å². The summed E-state index contributed by atoms with van der Waals surface area (Å²) in [6, 6.07) is 2.67. The molecule has 10 heteroatoms. The Kier molecular flexibility index (Phi) is 7.51. The minimum atomic E-state index is -5.08. The maximum Gasteiger partial charge on any atom is 0.490 e. The fraction of sp³-hybridized carbons (Fsp3) is 0.750. The van der Waals surface area contributed by atoms with E-state index >= 15 is 0 Å². The van der Waals surface area contributed by atoms with Crippen LogP contribution in [-0.4, -0.2) is 77.6 Å². The van der Waals surface area contributed by atoms with Gasteiger partial charge in [-0.3, -0.25) is 0 Å². The number of alkyl halides is 3. The van der Waals surface area contributed by atoms with Gasteiger partial charge in [-0.25, -0.2) is 14.8 Å². The van der Waals surface area contributed by atoms with E-state index in [0.29, 0.717) is 5.41 Å². The fourth-order valence-corrected chi connectivity index (χ4v) is 4.55. The number of ether oxygens (including phenoxy) is 1. The summed E-state index contributed by atoms with van der Waals surface area (Å²) in [6.45, 7) is 6.71. The summed E-state index contributed by atoms with van der Waals surface area (Å²) in [6.07, 6.45) is 6.40. The van der Waals surface area contributed by atoms with Crippen molar-refractivity contribution in [2.75, 3.05) is 44.3 Å². The van der Waals surface area contributed by atoms with Gasteiger partial charge in [0, 0.05) is 44.7 Å². The molecule has 0 saturated carbocycles. The zero-order valence-corrected chi connectivity index (χ0v) is 17.0. The third-order valence-corrected chi connectivity index (χ3v) is 6.47. The van der Waals surface area contributed by atoms with E-state index in [1.165, 1.54) is 51.6 Å². The van der Waals surface area contributed by atoms with E-state index < -0.39 is 12.1 Å². The highest BCUT2D eigenvalue weighted by atomic mass is 19.4. The predicted molar refractivity (Wildman–Crippen MR) is 104 cm³/mol. The standard InChI is InChI=1S/C18H28N4O.C2HF3O2/c1-8-19-17(20-9-1)22-12-6-18(7-13-22)4-10-21(11-5-18)16-2-14-23-15-3-16;3-2(4,5)1(6)7/h1,8-9,16H,2-7,10-15H2;(H,6,7). The molecule has 0 radical (unpaired) electrons. The van der Waals surface area contributed by atoms with E-state index in [2.05, 4.69) is 19.8 Å². The normalized spacial score (nSPS) is 23.0. The van der Waals surface area contributed by atoms with Crippen LogP contribution in [0, 0.1) is 5.41 Å². The summed E-state index contributed by atoms with van der Waals surface area (Å²) in [5, 5.41) is 7.12. The van der Waals surface area contributed by atoms with Crippen molar-refractivity contribution in [1.29, 1.82) is 0 Å². The van der Waals surface area contributed by atoms with E-state index in [1.807, 2.05) is 18.5 Å². The SMILES string of the molecule is O=C(O)C(F)(F)F.c1cnc(N2CCC3(CC2)CCN(C2CCOCC2)CC3)nc1. The molecule has 3 aliphatic rings. The van der Waals surface area contributed by atoms with Gasteiger partial charge in [-0.2, -0.15) is 13.2 Å². The summed E-state index contributed by atoms with van der Waals surface area (Å²) in [5.74, 6) is -1.85. The number of aromatic nitrogens is 2. The van der Waals surface area contributed by atoms with E-state index in [4.69, 9.17) is 14.6 Å². The van der Waals surface area contributed by atoms with Crippen LogP contribution in [-0.2, 0) is 9.53 Å². The number of piperidine rings is 2. The molecule has 3 fully saturated rings. The molecule has 0 amide bonds. The molecule has 0 unspecified atom stereocenters. The van der Waals surface area contributed by atoms with Crippen LogP contribution in [0.1, 0.15) is 38.5 Å². The van der Waals surface area contributed by atoms with Crippen molar-refractivity contribution < 1.29 is 27.8 Å². The Morgan fingerprint density at radius 3 is 2.03 bits per heavy atom. The first kappa shape index (κ1) is 22.7. The molecular formula is C20H29F3N4O3. The maximum atomic E-state index is 10.6. The average molecular weight is 430 g/mol. The minimum Gasteiger partial charge on any atom is -0.475 e. The van der Waals surface area contributed by atoms with Crippen molar-refractivity contribution in [2.45, 2.75) is 50.7 Å². The summed E-state index contributed by atoms with van der Waals surface area (Å²) in [4.78, 5) is 22.8. The number of hydrogen-bond acceptors (Lipinski definition) is 6. The number of aliphatic carboxylic acids is 1. The maximum absolute atomic E-state index is 10.6. The minimum absolute atomic E-state index is 0.576. The number of carboxylic acid groups (broad SMARTS) is 1. The zero-order chi connectivity index (χ0) is 21.6. The highest BCUT2D eigenvalue weighted by molar-refractivity contribution is 5.73. The number of anilines is 1. The molecule has 7 nitrogen and oxygen atoms in total.